The number of morpholine rings is 1. The molecule has 1 aliphatic rings. The number of hydrogen-bond acceptors (Lipinski definition) is 4. The molecule has 0 spiro atoms. The van der Waals surface area contributed by atoms with Gasteiger partial charge in [0, 0.05) is 30.9 Å². The molecule has 0 bridgehead atoms. The fraction of sp³-hybridized carbons (Fsp3) is 1.00. The van der Waals surface area contributed by atoms with Crippen molar-refractivity contribution in [1.82, 2.24) is 10.2 Å². The molecule has 1 rings (SSSR count). The maximum atomic E-state index is 5.78. The van der Waals surface area contributed by atoms with E-state index in [0.29, 0.717) is 12.1 Å². The molecule has 0 aromatic rings. The quantitative estimate of drug-likeness (QED) is 0.706. The molecule has 0 radical (unpaired) electrons. The minimum absolute atomic E-state index is 0.371. The van der Waals surface area contributed by atoms with Gasteiger partial charge in [-0.1, -0.05) is 6.92 Å². The molecule has 0 saturated carbocycles. The van der Waals surface area contributed by atoms with E-state index in [0.717, 1.165) is 38.0 Å². The summed E-state index contributed by atoms with van der Waals surface area (Å²) in [6, 6.07) is 0.637. The lowest BCUT2D eigenvalue weighted by molar-refractivity contribution is -0.0370. The molecule has 0 amide bonds. The van der Waals surface area contributed by atoms with Gasteiger partial charge in [0.2, 0.25) is 0 Å². The van der Waals surface area contributed by atoms with Gasteiger partial charge >= 0.3 is 0 Å². The summed E-state index contributed by atoms with van der Waals surface area (Å²) < 4.78 is 5.78. The van der Waals surface area contributed by atoms with E-state index in [9.17, 15) is 0 Å². The molecule has 3 nitrogen and oxygen atoms in total. The van der Waals surface area contributed by atoms with Crippen LogP contribution in [0.1, 0.15) is 27.2 Å². The third-order valence-electron chi connectivity index (χ3n) is 3.40. The van der Waals surface area contributed by atoms with Crippen molar-refractivity contribution < 1.29 is 4.74 Å². The molecule has 1 fully saturated rings. The molecule has 4 heteroatoms. The second-order valence-electron chi connectivity index (χ2n) is 5.12. The molecule has 2 unspecified atom stereocenters. The highest BCUT2D eigenvalue weighted by molar-refractivity contribution is 7.99. The average Bonchev–Trinajstić information content (AvgIpc) is 2.34. The Labute approximate surface area is 111 Å². The summed E-state index contributed by atoms with van der Waals surface area (Å²) >= 11 is 1.94. The molecular formula is C13H28N2OS. The van der Waals surface area contributed by atoms with Crippen molar-refractivity contribution in [2.45, 2.75) is 44.6 Å². The zero-order valence-electron chi connectivity index (χ0n) is 11.7. The third-order valence-corrected chi connectivity index (χ3v) is 4.44. The summed E-state index contributed by atoms with van der Waals surface area (Å²) in [4.78, 5) is 2.50. The van der Waals surface area contributed by atoms with Crippen molar-refractivity contribution in [2.75, 3.05) is 39.0 Å². The van der Waals surface area contributed by atoms with Crippen molar-refractivity contribution in [1.29, 1.82) is 0 Å². The van der Waals surface area contributed by atoms with E-state index in [1.165, 1.54) is 6.42 Å². The van der Waals surface area contributed by atoms with Gasteiger partial charge in [0.1, 0.15) is 0 Å². The Bertz CT molecular complexity index is 202. The molecule has 102 valence electrons. The maximum absolute atomic E-state index is 5.78. The number of nitrogens with one attached hydrogen (secondary N) is 1. The van der Waals surface area contributed by atoms with Crippen LogP contribution >= 0.6 is 11.8 Å². The van der Waals surface area contributed by atoms with E-state index in [4.69, 9.17) is 4.74 Å². The lowest BCUT2D eigenvalue weighted by Gasteiger charge is -2.35. The van der Waals surface area contributed by atoms with Gasteiger partial charge in [-0.3, -0.25) is 4.90 Å². The van der Waals surface area contributed by atoms with E-state index < -0.39 is 0 Å². The summed E-state index contributed by atoms with van der Waals surface area (Å²) in [5.74, 6) is 0. The van der Waals surface area contributed by atoms with E-state index in [2.05, 4.69) is 37.2 Å². The first-order chi connectivity index (χ1) is 8.13. The number of nitrogens with zero attached hydrogens (tertiary/aromatic N) is 1. The lowest BCUT2D eigenvalue weighted by atomic mass is 10.2. The zero-order chi connectivity index (χ0) is 12.7. The SMILES string of the molecule is CSC(C)CCNCC1CN(C(C)C)CCO1. The molecule has 0 aromatic heterocycles. The highest BCUT2D eigenvalue weighted by atomic mass is 32.2. The Balaban J connectivity index is 2.10. The van der Waals surface area contributed by atoms with Gasteiger partial charge in [-0.15, -0.1) is 0 Å². The van der Waals surface area contributed by atoms with Gasteiger partial charge in [-0.2, -0.15) is 11.8 Å². The van der Waals surface area contributed by atoms with Crippen molar-refractivity contribution in [3.8, 4) is 0 Å². The molecule has 1 heterocycles. The summed E-state index contributed by atoms with van der Waals surface area (Å²) in [5.41, 5.74) is 0. The molecule has 17 heavy (non-hydrogen) atoms. The van der Waals surface area contributed by atoms with Crippen LogP contribution in [0, 0.1) is 0 Å². The van der Waals surface area contributed by atoms with Crippen molar-refractivity contribution in [3.05, 3.63) is 0 Å². The van der Waals surface area contributed by atoms with Crippen molar-refractivity contribution >= 4 is 11.8 Å². The molecule has 2 atom stereocenters. The van der Waals surface area contributed by atoms with Gasteiger partial charge < -0.3 is 10.1 Å². The number of rotatable bonds is 7. The predicted octanol–water partition coefficient (Wildman–Crippen LogP) is 1.83. The van der Waals surface area contributed by atoms with Gasteiger partial charge in [0.25, 0.3) is 0 Å². The maximum Gasteiger partial charge on any atom is 0.0826 e. The average molecular weight is 260 g/mol. The van der Waals surface area contributed by atoms with Crippen LogP contribution in [0.4, 0.5) is 0 Å². The van der Waals surface area contributed by atoms with Gasteiger partial charge in [0.05, 0.1) is 12.7 Å². The highest BCUT2D eigenvalue weighted by Crippen LogP contribution is 2.09. The summed E-state index contributed by atoms with van der Waals surface area (Å²) in [7, 11) is 0. The van der Waals surface area contributed by atoms with Crippen LogP contribution in [0.2, 0.25) is 0 Å². The lowest BCUT2D eigenvalue weighted by Crippen LogP contribution is -2.49. The second kappa shape index (κ2) is 8.35. The predicted molar refractivity (Wildman–Crippen MR) is 76.9 cm³/mol. The van der Waals surface area contributed by atoms with Crippen LogP contribution in [-0.2, 0) is 4.74 Å². The molecule has 1 saturated heterocycles. The van der Waals surface area contributed by atoms with Crippen molar-refractivity contribution in [3.63, 3.8) is 0 Å². The van der Waals surface area contributed by atoms with Crippen LogP contribution < -0.4 is 5.32 Å². The molecular weight excluding hydrogens is 232 g/mol. The Morgan fingerprint density at radius 3 is 2.82 bits per heavy atom. The fourth-order valence-electron chi connectivity index (χ4n) is 2.02. The van der Waals surface area contributed by atoms with Crippen LogP contribution in [-0.4, -0.2) is 61.3 Å². The van der Waals surface area contributed by atoms with Gasteiger partial charge in [-0.05, 0) is 33.1 Å². The monoisotopic (exact) mass is 260 g/mol. The topological polar surface area (TPSA) is 24.5 Å². The largest absolute Gasteiger partial charge is 0.374 e. The van der Waals surface area contributed by atoms with Gasteiger partial charge in [0.15, 0.2) is 0 Å². The third kappa shape index (κ3) is 6.09. The molecule has 0 aromatic carbocycles. The normalized spacial score (nSPS) is 24.2. The molecule has 0 aliphatic carbocycles. The fourth-order valence-corrected chi connectivity index (χ4v) is 2.37. The zero-order valence-corrected chi connectivity index (χ0v) is 12.6. The first-order valence-corrected chi connectivity index (χ1v) is 8.01. The van der Waals surface area contributed by atoms with E-state index in [-0.39, 0.29) is 0 Å². The van der Waals surface area contributed by atoms with E-state index in [1.807, 2.05) is 11.8 Å². The minimum atomic E-state index is 0.371. The Morgan fingerprint density at radius 1 is 1.41 bits per heavy atom. The van der Waals surface area contributed by atoms with Crippen LogP contribution in [0.25, 0.3) is 0 Å². The minimum Gasteiger partial charge on any atom is -0.374 e. The summed E-state index contributed by atoms with van der Waals surface area (Å²) in [6.45, 7) is 11.9. The number of hydrogen-bond donors (Lipinski definition) is 1. The first kappa shape index (κ1) is 15.3. The van der Waals surface area contributed by atoms with E-state index in [1.54, 1.807) is 0 Å². The van der Waals surface area contributed by atoms with Crippen LogP contribution in [0.5, 0.6) is 0 Å². The highest BCUT2D eigenvalue weighted by Gasteiger charge is 2.21. The Morgan fingerprint density at radius 2 is 2.18 bits per heavy atom. The van der Waals surface area contributed by atoms with Crippen molar-refractivity contribution in [2.24, 2.45) is 0 Å². The smallest absolute Gasteiger partial charge is 0.0826 e. The number of ether oxygens (including phenoxy) is 1. The van der Waals surface area contributed by atoms with Gasteiger partial charge in [-0.25, -0.2) is 0 Å². The summed E-state index contributed by atoms with van der Waals surface area (Å²) in [6.07, 6.45) is 3.78. The van der Waals surface area contributed by atoms with E-state index >= 15 is 0 Å². The summed E-state index contributed by atoms with van der Waals surface area (Å²) in [5, 5.41) is 4.27. The van der Waals surface area contributed by atoms with Crippen LogP contribution in [0.15, 0.2) is 0 Å². The van der Waals surface area contributed by atoms with Crippen LogP contribution in [0.3, 0.4) is 0 Å². The first-order valence-electron chi connectivity index (χ1n) is 6.72. The second-order valence-corrected chi connectivity index (χ2v) is 6.40. The number of thioether (sulfide) groups is 1. The molecule has 1 aliphatic heterocycles. The molecule has 1 N–H and O–H groups in total. The Kier molecular flexibility index (Phi) is 7.51. The standard InChI is InChI=1S/C13H28N2OS/c1-11(2)15-7-8-16-13(10-15)9-14-6-5-12(3)17-4/h11-14H,5-10H2,1-4H3. The Hall–Kier alpha value is 0.230.